The van der Waals surface area contributed by atoms with Crippen molar-refractivity contribution in [2.24, 2.45) is 11.8 Å². The number of hydrogen-bond donors (Lipinski definition) is 2. The number of hydrogen-bond acceptors (Lipinski definition) is 3. The summed E-state index contributed by atoms with van der Waals surface area (Å²) in [5.74, 6) is 6.50. The van der Waals surface area contributed by atoms with Gasteiger partial charge in [0.15, 0.2) is 0 Å². The third-order valence-electron chi connectivity index (χ3n) is 3.71. The van der Waals surface area contributed by atoms with Crippen LogP contribution >= 0.6 is 0 Å². The molecule has 2 fully saturated rings. The molecule has 0 aromatic heterocycles. The predicted molar refractivity (Wildman–Crippen MR) is 52.0 cm³/mol. The molecule has 0 aliphatic heterocycles. The van der Waals surface area contributed by atoms with Gasteiger partial charge in [0.2, 0.25) is 0 Å². The molecule has 2 saturated carbocycles. The number of rotatable bonds is 5. The maximum atomic E-state index is 5.61. The van der Waals surface area contributed by atoms with Crippen LogP contribution in [0.4, 0.5) is 0 Å². The van der Waals surface area contributed by atoms with Gasteiger partial charge >= 0.3 is 0 Å². The SMILES string of the molecule is COC1(C(CC2CC2)NN)CCC1. The molecule has 1 unspecified atom stereocenters. The summed E-state index contributed by atoms with van der Waals surface area (Å²) in [5.41, 5.74) is 3.01. The molecule has 76 valence electrons. The smallest absolute Gasteiger partial charge is 0.0844 e. The Morgan fingerprint density at radius 3 is 2.54 bits per heavy atom. The molecular weight excluding hydrogens is 164 g/mol. The van der Waals surface area contributed by atoms with Gasteiger partial charge in [-0.1, -0.05) is 12.8 Å². The van der Waals surface area contributed by atoms with Gasteiger partial charge in [-0.25, -0.2) is 0 Å². The number of ether oxygens (including phenoxy) is 1. The Bertz CT molecular complexity index is 170. The fraction of sp³-hybridized carbons (Fsp3) is 1.00. The summed E-state index contributed by atoms with van der Waals surface area (Å²) in [7, 11) is 1.82. The molecule has 0 heterocycles. The van der Waals surface area contributed by atoms with Crippen LogP contribution < -0.4 is 11.3 Å². The van der Waals surface area contributed by atoms with Crippen LogP contribution in [0.2, 0.25) is 0 Å². The van der Waals surface area contributed by atoms with Crippen LogP contribution in [0.25, 0.3) is 0 Å². The van der Waals surface area contributed by atoms with Gasteiger partial charge in [0.05, 0.1) is 11.6 Å². The minimum Gasteiger partial charge on any atom is -0.377 e. The third-order valence-corrected chi connectivity index (χ3v) is 3.71. The van der Waals surface area contributed by atoms with Crippen molar-refractivity contribution in [3.8, 4) is 0 Å². The van der Waals surface area contributed by atoms with Crippen LogP contribution in [0.3, 0.4) is 0 Å². The highest BCUT2D eigenvalue weighted by Gasteiger charge is 2.45. The molecule has 13 heavy (non-hydrogen) atoms. The van der Waals surface area contributed by atoms with Crippen molar-refractivity contribution in [1.29, 1.82) is 0 Å². The Hall–Kier alpha value is -0.120. The van der Waals surface area contributed by atoms with Crippen LogP contribution in [0.5, 0.6) is 0 Å². The summed E-state index contributed by atoms with van der Waals surface area (Å²) in [5, 5.41) is 0. The summed E-state index contributed by atoms with van der Waals surface area (Å²) in [6.07, 6.45) is 7.60. The Balaban J connectivity index is 1.91. The van der Waals surface area contributed by atoms with E-state index in [-0.39, 0.29) is 5.60 Å². The van der Waals surface area contributed by atoms with E-state index in [0.717, 1.165) is 5.92 Å². The molecule has 0 bridgehead atoms. The van der Waals surface area contributed by atoms with E-state index in [4.69, 9.17) is 10.6 Å². The van der Waals surface area contributed by atoms with Crippen molar-refractivity contribution in [2.75, 3.05) is 7.11 Å². The van der Waals surface area contributed by atoms with Crippen molar-refractivity contribution in [1.82, 2.24) is 5.43 Å². The fourth-order valence-electron chi connectivity index (χ4n) is 2.34. The van der Waals surface area contributed by atoms with Crippen LogP contribution in [-0.4, -0.2) is 18.8 Å². The third kappa shape index (κ3) is 1.73. The average molecular weight is 184 g/mol. The van der Waals surface area contributed by atoms with E-state index < -0.39 is 0 Å². The van der Waals surface area contributed by atoms with Gasteiger partial charge in [-0.15, -0.1) is 0 Å². The van der Waals surface area contributed by atoms with Gasteiger partial charge in [-0.2, -0.15) is 0 Å². The summed E-state index contributed by atoms with van der Waals surface area (Å²) in [4.78, 5) is 0. The second-order valence-corrected chi connectivity index (χ2v) is 4.52. The van der Waals surface area contributed by atoms with Gasteiger partial charge in [0.25, 0.3) is 0 Å². The van der Waals surface area contributed by atoms with Gasteiger partial charge in [0.1, 0.15) is 0 Å². The topological polar surface area (TPSA) is 47.3 Å². The second-order valence-electron chi connectivity index (χ2n) is 4.52. The Morgan fingerprint density at radius 2 is 2.23 bits per heavy atom. The second kappa shape index (κ2) is 3.56. The van der Waals surface area contributed by atoms with Crippen LogP contribution in [0.15, 0.2) is 0 Å². The molecule has 0 aromatic carbocycles. The molecule has 0 saturated heterocycles. The highest BCUT2D eigenvalue weighted by atomic mass is 16.5. The molecule has 2 rings (SSSR count). The molecule has 1 atom stereocenters. The first-order valence-electron chi connectivity index (χ1n) is 5.32. The Labute approximate surface area is 80.0 Å². The van der Waals surface area contributed by atoms with Crippen molar-refractivity contribution in [3.05, 3.63) is 0 Å². The van der Waals surface area contributed by atoms with E-state index in [0.29, 0.717) is 6.04 Å². The molecule has 3 nitrogen and oxygen atoms in total. The summed E-state index contributed by atoms with van der Waals surface area (Å²) < 4.78 is 5.61. The van der Waals surface area contributed by atoms with Gasteiger partial charge in [-0.05, 0) is 31.6 Å². The van der Waals surface area contributed by atoms with Crippen molar-refractivity contribution >= 4 is 0 Å². The van der Waals surface area contributed by atoms with E-state index in [2.05, 4.69) is 5.43 Å². The monoisotopic (exact) mass is 184 g/mol. The van der Waals surface area contributed by atoms with Crippen LogP contribution in [0.1, 0.15) is 38.5 Å². The molecule has 0 spiro atoms. The van der Waals surface area contributed by atoms with Gasteiger partial charge < -0.3 is 4.74 Å². The average Bonchev–Trinajstić information content (AvgIpc) is 2.85. The summed E-state index contributed by atoms with van der Waals surface area (Å²) in [6.45, 7) is 0. The quantitative estimate of drug-likeness (QED) is 0.498. The largest absolute Gasteiger partial charge is 0.377 e. The highest BCUT2D eigenvalue weighted by Crippen LogP contribution is 2.43. The number of nitrogens with one attached hydrogen (secondary N) is 1. The minimum atomic E-state index is 0.0668. The lowest BCUT2D eigenvalue weighted by molar-refractivity contribution is -0.101. The first-order valence-corrected chi connectivity index (χ1v) is 5.32. The van der Waals surface area contributed by atoms with E-state index in [1.807, 2.05) is 7.11 Å². The number of nitrogens with two attached hydrogens (primary N) is 1. The fourth-order valence-corrected chi connectivity index (χ4v) is 2.34. The molecule has 3 heteroatoms. The Morgan fingerprint density at radius 1 is 1.54 bits per heavy atom. The highest BCUT2D eigenvalue weighted by molar-refractivity contribution is 5.00. The zero-order valence-corrected chi connectivity index (χ0v) is 8.38. The molecule has 2 aliphatic rings. The minimum absolute atomic E-state index is 0.0668. The lowest BCUT2D eigenvalue weighted by Gasteiger charge is -2.46. The van der Waals surface area contributed by atoms with E-state index >= 15 is 0 Å². The van der Waals surface area contributed by atoms with Gasteiger partial charge in [0, 0.05) is 7.11 Å². The standard InChI is InChI=1S/C10H20N2O/c1-13-10(5-2-6-10)9(12-11)7-8-3-4-8/h8-9,12H,2-7,11H2,1H3. The van der Waals surface area contributed by atoms with Crippen LogP contribution in [0, 0.1) is 5.92 Å². The molecule has 0 aromatic rings. The summed E-state index contributed by atoms with van der Waals surface area (Å²) in [6, 6.07) is 0.374. The molecule has 0 radical (unpaired) electrons. The van der Waals surface area contributed by atoms with Crippen molar-refractivity contribution in [2.45, 2.75) is 50.2 Å². The van der Waals surface area contributed by atoms with Gasteiger partial charge in [-0.3, -0.25) is 11.3 Å². The van der Waals surface area contributed by atoms with Crippen molar-refractivity contribution < 1.29 is 4.74 Å². The molecule has 0 amide bonds. The first-order chi connectivity index (χ1) is 6.30. The lowest BCUT2D eigenvalue weighted by atomic mass is 9.73. The maximum absolute atomic E-state index is 5.61. The predicted octanol–water partition coefficient (Wildman–Crippen LogP) is 1.19. The Kier molecular flexibility index (Phi) is 2.58. The number of hydrazine groups is 1. The van der Waals surface area contributed by atoms with E-state index in [1.54, 1.807) is 0 Å². The van der Waals surface area contributed by atoms with E-state index in [9.17, 15) is 0 Å². The first kappa shape index (κ1) is 9.44. The zero-order chi connectivity index (χ0) is 9.31. The maximum Gasteiger partial charge on any atom is 0.0844 e. The molecular formula is C10H20N2O. The summed E-state index contributed by atoms with van der Waals surface area (Å²) >= 11 is 0. The molecule has 3 N–H and O–H groups in total. The number of methoxy groups -OCH3 is 1. The van der Waals surface area contributed by atoms with Crippen LogP contribution in [-0.2, 0) is 4.74 Å². The normalized spacial score (nSPS) is 28.2. The molecule has 2 aliphatic carbocycles. The zero-order valence-electron chi connectivity index (χ0n) is 8.38. The van der Waals surface area contributed by atoms with E-state index in [1.165, 1.54) is 38.5 Å². The van der Waals surface area contributed by atoms with Crippen molar-refractivity contribution in [3.63, 3.8) is 0 Å². The lowest BCUT2D eigenvalue weighted by Crippen LogP contribution is -2.58.